The molecule has 0 aromatic heterocycles. The molecule has 3 heteroatoms. The number of aliphatic hydroxyl groups excluding tert-OH is 1. The molecule has 1 aliphatic carbocycles. The highest BCUT2D eigenvalue weighted by molar-refractivity contribution is 7.99. The summed E-state index contributed by atoms with van der Waals surface area (Å²) in [5.74, 6) is 2.53. The predicted octanol–water partition coefficient (Wildman–Crippen LogP) is 2.66. The Morgan fingerprint density at radius 3 is 2.53 bits per heavy atom. The van der Waals surface area contributed by atoms with Gasteiger partial charge in [0, 0.05) is 30.4 Å². The number of hydrogen-bond acceptors (Lipinski definition) is 3. The van der Waals surface area contributed by atoms with Crippen LogP contribution in [-0.2, 0) is 0 Å². The van der Waals surface area contributed by atoms with Crippen molar-refractivity contribution in [3.63, 3.8) is 0 Å². The Morgan fingerprint density at radius 1 is 1.24 bits per heavy atom. The van der Waals surface area contributed by atoms with E-state index in [0.29, 0.717) is 18.1 Å². The molecular formula is C14H27NOS. The van der Waals surface area contributed by atoms with Gasteiger partial charge in [-0.05, 0) is 30.4 Å². The molecule has 2 nitrogen and oxygen atoms in total. The van der Waals surface area contributed by atoms with Crippen LogP contribution in [0.25, 0.3) is 0 Å². The van der Waals surface area contributed by atoms with Gasteiger partial charge in [0.25, 0.3) is 0 Å². The molecule has 0 bridgehead atoms. The van der Waals surface area contributed by atoms with E-state index in [4.69, 9.17) is 0 Å². The summed E-state index contributed by atoms with van der Waals surface area (Å²) in [7, 11) is 0. The highest BCUT2D eigenvalue weighted by Crippen LogP contribution is 2.39. The van der Waals surface area contributed by atoms with Crippen molar-refractivity contribution >= 4 is 11.8 Å². The van der Waals surface area contributed by atoms with Gasteiger partial charge in [-0.1, -0.05) is 26.7 Å². The molecule has 1 aliphatic heterocycles. The van der Waals surface area contributed by atoms with Gasteiger partial charge in [0.1, 0.15) is 0 Å². The van der Waals surface area contributed by atoms with Crippen molar-refractivity contribution in [1.29, 1.82) is 0 Å². The van der Waals surface area contributed by atoms with E-state index < -0.39 is 0 Å². The first-order chi connectivity index (χ1) is 8.08. The van der Waals surface area contributed by atoms with E-state index in [0.717, 1.165) is 6.54 Å². The Balaban J connectivity index is 1.88. The van der Waals surface area contributed by atoms with E-state index in [1.54, 1.807) is 0 Å². The van der Waals surface area contributed by atoms with Crippen molar-refractivity contribution in [2.24, 2.45) is 10.8 Å². The van der Waals surface area contributed by atoms with Gasteiger partial charge in [-0.3, -0.25) is 0 Å². The summed E-state index contributed by atoms with van der Waals surface area (Å²) in [6.45, 7) is 6.13. The fourth-order valence-corrected chi connectivity index (χ4v) is 4.77. The minimum Gasteiger partial charge on any atom is -0.396 e. The maximum Gasteiger partial charge on any atom is 0.0499 e. The van der Waals surface area contributed by atoms with Crippen LogP contribution in [0.3, 0.4) is 0 Å². The van der Waals surface area contributed by atoms with Gasteiger partial charge in [-0.2, -0.15) is 11.8 Å². The number of rotatable bonds is 4. The summed E-state index contributed by atoms with van der Waals surface area (Å²) in [6.07, 6.45) is 6.31. The zero-order valence-electron chi connectivity index (χ0n) is 11.3. The topological polar surface area (TPSA) is 32.3 Å². The van der Waals surface area contributed by atoms with Gasteiger partial charge in [0.2, 0.25) is 0 Å². The van der Waals surface area contributed by atoms with Gasteiger partial charge >= 0.3 is 0 Å². The molecule has 2 N–H and O–H groups in total. The Kier molecular flexibility index (Phi) is 4.43. The molecule has 1 unspecified atom stereocenters. The maximum atomic E-state index is 9.63. The normalized spacial score (nSPS) is 31.6. The van der Waals surface area contributed by atoms with E-state index in [9.17, 15) is 5.11 Å². The summed E-state index contributed by atoms with van der Waals surface area (Å²) in [5.41, 5.74) is 0.610. The predicted molar refractivity (Wildman–Crippen MR) is 75.5 cm³/mol. The number of nitrogens with one attached hydrogen (secondary N) is 1. The van der Waals surface area contributed by atoms with Crippen LogP contribution < -0.4 is 5.32 Å². The Labute approximate surface area is 110 Å². The average Bonchev–Trinajstić information content (AvgIpc) is 2.76. The Morgan fingerprint density at radius 2 is 1.94 bits per heavy atom. The van der Waals surface area contributed by atoms with Crippen LogP contribution in [0.15, 0.2) is 0 Å². The molecule has 1 atom stereocenters. The Hall–Kier alpha value is 0.270. The van der Waals surface area contributed by atoms with Gasteiger partial charge in [-0.15, -0.1) is 0 Å². The first-order valence-corrected chi connectivity index (χ1v) is 8.16. The second-order valence-electron chi connectivity index (χ2n) is 6.61. The minimum absolute atomic E-state index is 0.193. The monoisotopic (exact) mass is 257 g/mol. The van der Waals surface area contributed by atoms with Crippen LogP contribution in [0, 0.1) is 10.8 Å². The van der Waals surface area contributed by atoms with Crippen molar-refractivity contribution in [3.05, 3.63) is 0 Å². The van der Waals surface area contributed by atoms with Crippen LogP contribution in [0.2, 0.25) is 0 Å². The molecule has 1 saturated heterocycles. The van der Waals surface area contributed by atoms with E-state index >= 15 is 0 Å². The van der Waals surface area contributed by atoms with Gasteiger partial charge in [0.05, 0.1) is 0 Å². The molecule has 0 spiro atoms. The van der Waals surface area contributed by atoms with Gasteiger partial charge < -0.3 is 10.4 Å². The van der Waals surface area contributed by atoms with Crippen molar-refractivity contribution in [2.45, 2.75) is 52.0 Å². The van der Waals surface area contributed by atoms with Crippen LogP contribution in [-0.4, -0.2) is 35.8 Å². The molecule has 1 saturated carbocycles. The fourth-order valence-electron chi connectivity index (χ4n) is 3.13. The smallest absolute Gasteiger partial charge is 0.0499 e. The first-order valence-electron chi connectivity index (χ1n) is 7.00. The van der Waals surface area contributed by atoms with E-state index in [2.05, 4.69) is 30.9 Å². The maximum absolute atomic E-state index is 9.63. The van der Waals surface area contributed by atoms with E-state index in [1.165, 1.54) is 43.6 Å². The second-order valence-corrected chi connectivity index (χ2v) is 7.76. The lowest BCUT2D eigenvalue weighted by molar-refractivity contribution is 0.115. The molecular weight excluding hydrogens is 230 g/mol. The molecule has 2 rings (SSSR count). The van der Waals surface area contributed by atoms with Gasteiger partial charge in [0.15, 0.2) is 0 Å². The van der Waals surface area contributed by atoms with E-state index in [1.807, 2.05) is 0 Å². The lowest BCUT2D eigenvalue weighted by Gasteiger charge is -2.41. The highest BCUT2D eigenvalue weighted by atomic mass is 32.2. The highest BCUT2D eigenvalue weighted by Gasteiger charge is 2.37. The van der Waals surface area contributed by atoms with Crippen LogP contribution >= 0.6 is 11.8 Å². The molecule has 17 heavy (non-hydrogen) atoms. The Bertz CT molecular complexity index is 249. The summed E-state index contributed by atoms with van der Waals surface area (Å²) in [4.78, 5) is 0. The van der Waals surface area contributed by atoms with Crippen LogP contribution in [0.1, 0.15) is 46.0 Å². The van der Waals surface area contributed by atoms with Crippen LogP contribution in [0.4, 0.5) is 0 Å². The average molecular weight is 257 g/mol. The van der Waals surface area contributed by atoms with Crippen LogP contribution in [0.5, 0.6) is 0 Å². The molecule has 0 radical (unpaired) electrons. The van der Waals surface area contributed by atoms with Crippen molar-refractivity contribution in [1.82, 2.24) is 5.32 Å². The summed E-state index contributed by atoms with van der Waals surface area (Å²) in [6, 6.07) is 0.616. The number of aliphatic hydroxyl groups is 1. The van der Waals surface area contributed by atoms with Crippen molar-refractivity contribution in [2.75, 3.05) is 24.7 Å². The largest absolute Gasteiger partial charge is 0.396 e. The summed E-state index contributed by atoms with van der Waals surface area (Å²) < 4.78 is 0. The van der Waals surface area contributed by atoms with E-state index in [-0.39, 0.29) is 5.41 Å². The standard InChI is InChI=1S/C14H27NOS/c1-13(2)7-8-17-9-12(13)15-10-14(11-16)5-3-4-6-14/h12,15-16H,3-11H2,1-2H3. The lowest BCUT2D eigenvalue weighted by atomic mass is 9.80. The number of hydrogen-bond donors (Lipinski definition) is 2. The third-order valence-electron chi connectivity index (χ3n) is 4.84. The third kappa shape index (κ3) is 3.18. The van der Waals surface area contributed by atoms with Crippen molar-refractivity contribution in [3.8, 4) is 0 Å². The van der Waals surface area contributed by atoms with Gasteiger partial charge in [-0.25, -0.2) is 0 Å². The molecule has 0 aromatic rings. The zero-order valence-corrected chi connectivity index (χ0v) is 12.1. The quantitative estimate of drug-likeness (QED) is 0.812. The summed E-state index contributed by atoms with van der Waals surface area (Å²) in [5, 5.41) is 13.4. The number of thioether (sulfide) groups is 1. The summed E-state index contributed by atoms with van der Waals surface area (Å²) >= 11 is 2.07. The molecule has 0 amide bonds. The lowest BCUT2D eigenvalue weighted by Crippen LogP contribution is -2.50. The molecule has 2 aliphatic rings. The minimum atomic E-state index is 0.193. The first kappa shape index (κ1) is 13.7. The molecule has 1 heterocycles. The second kappa shape index (κ2) is 5.50. The molecule has 100 valence electrons. The SMILES string of the molecule is CC1(C)CCSCC1NCC1(CO)CCCC1. The molecule has 2 fully saturated rings. The third-order valence-corrected chi connectivity index (χ3v) is 5.90. The molecule has 0 aromatic carbocycles. The zero-order chi connectivity index (χ0) is 12.4. The fraction of sp³-hybridized carbons (Fsp3) is 1.00. The van der Waals surface area contributed by atoms with Crippen molar-refractivity contribution < 1.29 is 5.11 Å².